The Morgan fingerprint density at radius 1 is 1.12 bits per heavy atom. The molecule has 1 aromatic carbocycles. The Morgan fingerprint density at radius 2 is 1.88 bits per heavy atom. The molecule has 0 saturated carbocycles. The first kappa shape index (κ1) is 22.9. The zero-order chi connectivity index (χ0) is 23.3. The molecule has 0 aliphatic carbocycles. The summed E-state index contributed by atoms with van der Waals surface area (Å²) in [5, 5.41) is 4.00. The van der Waals surface area contributed by atoms with Gasteiger partial charge in [0.05, 0.1) is 7.11 Å². The van der Waals surface area contributed by atoms with E-state index >= 15 is 0 Å². The number of carbonyl (C=O) groups is 1. The first-order valence-corrected chi connectivity index (χ1v) is 12.1. The number of hydrogen-bond donors (Lipinski definition) is 0. The first-order valence-electron chi connectivity index (χ1n) is 10.6. The number of aromatic nitrogens is 3. The molecule has 3 aromatic rings. The van der Waals surface area contributed by atoms with Gasteiger partial charge in [-0.2, -0.15) is 9.29 Å². The number of carbonyl (C=O) groups excluding carboxylic acids is 1. The fourth-order valence-corrected chi connectivity index (χ4v) is 4.98. The molecular weight excluding hydrogens is 446 g/mol. The third-order valence-corrected chi connectivity index (χ3v) is 7.34. The van der Waals surface area contributed by atoms with Crippen LogP contribution in [0.5, 0.6) is 5.75 Å². The van der Waals surface area contributed by atoms with E-state index in [0.29, 0.717) is 44.1 Å². The Kier molecular flexibility index (Phi) is 6.99. The lowest BCUT2D eigenvalue weighted by molar-refractivity contribution is -0.132. The molecule has 0 N–H and O–H groups in total. The number of sulfonamides is 1. The van der Waals surface area contributed by atoms with Crippen molar-refractivity contribution in [3.8, 4) is 17.1 Å². The lowest BCUT2D eigenvalue weighted by atomic mass is 10.2. The van der Waals surface area contributed by atoms with Crippen LogP contribution in [0.3, 0.4) is 0 Å². The second-order valence-electron chi connectivity index (χ2n) is 7.57. The van der Waals surface area contributed by atoms with Crippen molar-refractivity contribution in [2.24, 2.45) is 0 Å². The topological polar surface area (TPSA) is 119 Å². The van der Waals surface area contributed by atoms with Crippen molar-refractivity contribution < 1.29 is 22.5 Å². The summed E-state index contributed by atoms with van der Waals surface area (Å²) in [5.74, 6) is 1.70. The van der Waals surface area contributed by atoms with Crippen LogP contribution in [0.15, 0.2) is 58.2 Å². The van der Waals surface area contributed by atoms with Crippen molar-refractivity contribution >= 4 is 15.9 Å². The van der Waals surface area contributed by atoms with E-state index in [9.17, 15) is 13.2 Å². The Balaban J connectivity index is 1.24. The zero-order valence-corrected chi connectivity index (χ0v) is 19.1. The number of amides is 1. The van der Waals surface area contributed by atoms with E-state index in [1.165, 1.54) is 22.8 Å². The quantitative estimate of drug-likeness (QED) is 0.489. The molecule has 174 valence electrons. The molecular formula is C22H25N5O5S. The third kappa shape index (κ3) is 5.37. The second kappa shape index (κ2) is 10.1. The van der Waals surface area contributed by atoms with E-state index in [4.69, 9.17) is 9.26 Å². The van der Waals surface area contributed by atoms with Crippen LogP contribution in [0.25, 0.3) is 11.4 Å². The average molecular weight is 472 g/mol. The molecule has 1 aliphatic rings. The molecule has 3 heterocycles. The number of piperazine rings is 1. The summed E-state index contributed by atoms with van der Waals surface area (Å²) in [7, 11) is -1.99. The fourth-order valence-electron chi connectivity index (χ4n) is 3.59. The summed E-state index contributed by atoms with van der Waals surface area (Å²) >= 11 is 0. The summed E-state index contributed by atoms with van der Waals surface area (Å²) in [4.78, 5) is 22.7. The van der Waals surface area contributed by atoms with Gasteiger partial charge < -0.3 is 14.2 Å². The van der Waals surface area contributed by atoms with Crippen LogP contribution in [0.1, 0.15) is 18.7 Å². The largest absolute Gasteiger partial charge is 0.497 e. The summed E-state index contributed by atoms with van der Waals surface area (Å²) in [6.45, 7) is 1.25. The monoisotopic (exact) mass is 471 g/mol. The van der Waals surface area contributed by atoms with Gasteiger partial charge in [-0.25, -0.2) is 8.42 Å². The van der Waals surface area contributed by atoms with E-state index in [2.05, 4.69) is 15.1 Å². The maximum atomic E-state index is 12.7. The third-order valence-electron chi connectivity index (χ3n) is 5.46. The van der Waals surface area contributed by atoms with Gasteiger partial charge in [0.15, 0.2) is 0 Å². The zero-order valence-electron chi connectivity index (χ0n) is 18.3. The van der Waals surface area contributed by atoms with Crippen LogP contribution in [-0.4, -0.2) is 71.9 Å². The SMILES string of the molecule is COc1ccc(-c2noc(CCCC(=O)N3CCN(S(=O)(=O)c4cccnc4)CC3)n2)cc1. The number of pyridine rings is 1. The molecule has 0 atom stereocenters. The van der Waals surface area contributed by atoms with Gasteiger partial charge in [-0.05, 0) is 42.8 Å². The van der Waals surface area contributed by atoms with Crippen molar-refractivity contribution in [2.45, 2.75) is 24.2 Å². The van der Waals surface area contributed by atoms with E-state index in [1.54, 1.807) is 18.1 Å². The Morgan fingerprint density at radius 3 is 2.55 bits per heavy atom. The van der Waals surface area contributed by atoms with Crippen molar-refractivity contribution in [1.82, 2.24) is 24.3 Å². The Labute approximate surface area is 192 Å². The number of benzene rings is 1. The molecule has 2 aromatic heterocycles. The lowest BCUT2D eigenvalue weighted by Crippen LogP contribution is -2.50. The molecule has 11 heteroatoms. The highest BCUT2D eigenvalue weighted by Gasteiger charge is 2.30. The van der Waals surface area contributed by atoms with E-state index in [-0.39, 0.29) is 23.9 Å². The molecule has 1 amide bonds. The molecule has 1 saturated heterocycles. The van der Waals surface area contributed by atoms with Crippen LogP contribution in [-0.2, 0) is 21.2 Å². The predicted molar refractivity (Wildman–Crippen MR) is 119 cm³/mol. The number of nitrogens with zero attached hydrogens (tertiary/aromatic N) is 5. The predicted octanol–water partition coefficient (Wildman–Crippen LogP) is 2.00. The standard InChI is InChI=1S/C22H25N5O5S/c1-31-18-9-7-17(8-10-18)22-24-20(32-25-22)5-2-6-21(28)26-12-14-27(15-13-26)33(29,30)19-4-3-11-23-16-19/h3-4,7-11,16H,2,5-6,12-15H2,1H3. The summed E-state index contributed by atoms with van der Waals surface area (Å²) in [6.07, 6.45) is 4.26. The number of ether oxygens (including phenoxy) is 1. The van der Waals surface area contributed by atoms with Crippen LogP contribution in [0.4, 0.5) is 0 Å². The normalized spacial score (nSPS) is 14.9. The molecule has 1 aliphatic heterocycles. The van der Waals surface area contributed by atoms with Gasteiger partial charge in [-0.15, -0.1) is 0 Å². The highest BCUT2D eigenvalue weighted by Crippen LogP contribution is 2.21. The minimum atomic E-state index is -3.59. The van der Waals surface area contributed by atoms with Crippen LogP contribution >= 0.6 is 0 Å². The molecule has 33 heavy (non-hydrogen) atoms. The van der Waals surface area contributed by atoms with Crippen molar-refractivity contribution in [3.63, 3.8) is 0 Å². The molecule has 0 radical (unpaired) electrons. The molecule has 0 bridgehead atoms. The van der Waals surface area contributed by atoms with Crippen molar-refractivity contribution in [3.05, 3.63) is 54.7 Å². The van der Waals surface area contributed by atoms with Gasteiger partial charge >= 0.3 is 0 Å². The fraction of sp³-hybridized carbons (Fsp3) is 0.364. The number of aryl methyl sites for hydroxylation is 1. The highest BCUT2D eigenvalue weighted by atomic mass is 32.2. The lowest BCUT2D eigenvalue weighted by Gasteiger charge is -2.34. The highest BCUT2D eigenvalue weighted by molar-refractivity contribution is 7.89. The first-order chi connectivity index (χ1) is 16.0. The summed E-state index contributed by atoms with van der Waals surface area (Å²) in [5.41, 5.74) is 0.820. The van der Waals surface area contributed by atoms with Gasteiger partial charge in [0.1, 0.15) is 10.6 Å². The summed E-state index contributed by atoms with van der Waals surface area (Å²) < 4.78 is 37.2. The van der Waals surface area contributed by atoms with Gasteiger partial charge in [0.2, 0.25) is 27.6 Å². The van der Waals surface area contributed by atoms with E-state index in [0.717, 1.165) is 11.3 Å². The molecule has 0 unspecified atom stereocenters. The van der Waals surface area contributed by atoms with Crippen molar-refractivity contribution in [2.75, 3.05) is 33.3 Å². The van der Waals surface area contributed by atoms with Gasteiger partial charge in [0, 0.05) is 57.0 Å². The summed E-state index contributed by atoms with van der Waals surface area (Å²) in [6, 6.07) is 10.5. The van der Waals surface area contributed by atoms with Crippen LogP contribution in [0, 0.1) is 0 Å². The molecule has 1 fully saturated rings. The van der Waals surface area contributed by atoms with Crippen LogP contribution in [0.2, 0.25) is 0 Å². The Hall–Kier alpha value is -3.31. The Bertz CT molecular complexity index is 1170. The minimum absolute atomic E-state index is 0.0108. The van der Waals surface area contributed by atoms with Gasteiger partial charge in [-0.3, -0.25) is 9.78 Å². The van der Waals surface area contributed by atoms with Crippen LogP contribution < -0.4 is 4.74 Å². The number of rotatable bonds is 8. The molecule has 4 rings (SSSR count). The smallest absolute Gasteiger partial charge is 0.244 e. The van der Waals surface area contributed by atoms with Crippen molar-refractivity contribution in [1.29, 1.82) is 0 Å². The van der Waals surface area contributed by atoms with Gasteiger partial charge in [-0.1, -0.05) is 5.16 Å². The molecule has 0 spiro atoms. The number of methoxy groups -OCH3 is 1. The van der Waals surface area contributed by atoms with E-state index in [1.807, 2.05) is 24.3 Å². The maximum absolute atomic E-state index is 12.7. The number of hydrogen-bond acceptors (Lipinski definition) is 8. The maximum Gasteiger partial charge on any atom is 0.244 e. The second-order valence-corrected chi connectivity index (χ2v) is 9.51. The van der Waals surface area contributed by atoms with E-state index < -0.39 is 10.0 Å². The minimum Gasteiger partial charge on any atom is -0.497 e. The molecule has 10 nitrogen and oxygen atoms in total. The van der Waals surface area contributed by atoms with Gasteiger partial charge in [0.25, 0.3) is 0 Å². The average Bonchev–Trinajstić information content (AvgIpc) is 3.33.